The monoisotopic (exact) mass is 440 g/mol. The first-order chi connectivity index (χ1) is 15.1. The number of rotatable bonds is 7. The SMILES string of the molecule is CNc1ncc(C(=O)N2CC[C@H](c3c(C(=O)NCCOC)sc4ncccc34)C2)cn1. The Morgan fingerprint density at radius 2 is 2.10 bits per heavy atom. The topological polar surface area (TPSA) is 109 Å². The molecule has 3 aromatic rings. The first kappa shape index (κ1) is 21.1. The van der Waals surface area contributed by atoms with Gasteiger partial charge in [0.2, 0.25) is 5.95 Å². The summed E-state index contributed by atoms with van der Waals surface area (Å²) >= 11 is 1.39. The Morgan fingerprint density at radius 1 is 1.29 bits per heavy atom. The third-order valence-corrected chi connectivity index (χ3v) is 6.44. The molecule has 1 aliphatic rings. The second-order valence-corrected chi connectivity index (χ2v) is 8.23. The standard InChI is InChI=1S/C21H24N6O3S/c1-22-21-25-10-14(11-26-21)20(29)27-8-5-13(12-27)16-15-4-3-6-24-19(15)31-17(16)18(28)23-7-9-30-2/h3-4,6,10-11,13H,5,7-9,12H2,1-2H3,(H,23,28)(H,22,25,26)/t13-/m0/s1. The Bertz CT molecular complexity index is 1080. The van der Waals surface area contributed by atoms with Gasteiger partial charge in [-0.05, 0) is 18.1 Å². The highest BCUT2D eigenvalue weighted by Crippen LogP contribution is 2.39. The molecule has 0 bridgehead atoms. The largest absolute Gasteiger partial charge is 0.383 e. The lowest BCUT2D eigenvalue weighted by Gasteiger charge is -2.17. The van der Waals surface area contributed by atoms with Crippen LogP contribution in [0.5, 0.6) is 0 Å². The number of nitrogens with one attached hydrogen (secondary N) is 2. The molecule has 10 heteroatoms. The molecule has 0 aromatic carbocycles. The molecule has 0 unspecified atom stereocenters. The van der Waals surface area contributed by atoms with Crippen molar-refractivity contribution >= 4 is 39.3 Å². The van der Waals surface area contributed by atoms with Gasteiger partial charge < -0.3 is 20.3 Å². The predicted molar refractivity (Wildman–Crippen MR) is 119 cm³/mol. The second kappa shape index (κ2) is 9.36. The fourth-order valence-electron chi connectivity index (χ4n) is 3.80. The average Bonchev–Trinajstić information content (AvgIpc) is 3.43. The summed E-state index contributed by atoms with van der Waals surface area (Å²) in [7, 11) is 3.33. The van der Waals surface area contributed by atoms with Crippen molar-refractivity contribution in [3.8, 4) is 0 Å². The van der Waals surface area contributed by atoms with Gasteiger partial charge in [-0.3, -0.25) is 9.59 Å². The quantitative estimate of drug-likeness (QED) is 0.542. The Balaban J connectivity index is 1.57. The smallest absolute Gasteiger partial charge is 0.261 e. The van der Waals surface area contributed by atoms with E-state index >= 15 is 0 Å². The van der Waals surface area contributed by atoms with Gasteiger partial charge in [-0.2, -0.15) is 0 Å². The van der Waals surface area contributed by atoms with E-state index in [1.54, 1.807) is 25.3 Å². The van der Waals surface area contributed by atoms with E-state index in [1.807, 2.05) is 12.1 Å². The maximum absolute atomic E-state index is 12.9. The van der Waals surface area contributed by atoms with Crippen LogP contribution in [0.3, 0.4) is 0 Å². The normalized spacial score (nSPS) is 15.9. The third kappa shape index (κ3) is 4.35. The highest BCUT2D eigenvalue weighted by Gasteiger charge is 2.33. The molecule has 3 aromatic heterocycles. The molecule has 162 valence electrons. The van der Waals surface area contributed by atoms with Gasteiger partial charge in [0, 0.05) is 63.7 Å². The zero-order valence-corrected chi connectivity index (χ0v) is 18.2. The molecular weight excluding hydrogens is 416 g/mol. The third-order valence-electron chi connectivity index (χ3n) is 5.31. The molecule has 9 nitrogen and oxygen atoms in total. The summed E-state index contributed by atoms with van der Waals surface area (Å²) in [5.41, 5.74) is 1.43. The van der Waals surface area contributed by atoms with E-state index in [9.17, 15) is 9.59 Å². The summed E-state index contributed by atoms with van der Waals surface area (Å²) in [6, 6.07) is 3.87. The van der Waals surface area contributed by atoms with Gasteiger partial charge in [-0.15, -0.1) is 11.3 Å². The summed E-state index contributed by atoms with van der Waals surface area (Å²) < 4.78 is 5.03. The number of carbonyl (C=O) groups excluding carboxylic acids is 2. The van der Waals surface area contributed by atoms with Crippen LogP contribution in [0, 0.1) is 0 Å². The molecule has 31 heavy (non-hydrogen) atoms. The predicted octanol–water partition coefficient (Wildman–Crippen LogP) is 2.13. The van der Waals surface area contributed by atoms with Gasteiger partial charge >= 0.3 is 0 Å². The number of amides is 2. The fraction of sp³-hybridized carbons (Fsp3) is 0.381. The minimum Gasteiger partial charge on any atom is -0.383 e. The summed E-state index contributed by atoms with van der Waals surface area (Å²) in [5, 5.41) is 6.73. The molecule has 0 spiro atoms. The van der Waals surface area contributed by atoms with E-state index in [1.165, 1.54) is 23.7 Å². The van der Waals surface area contributed by atoms with Gasteiger partial charge in [0.25, 0.3) is 11.8 Å². The number of anilines is 1. The van der Waals surface area contributed by atoms with Gasteiger partial charge in [0.15, 0.2) is 0 Å². The fourth-order valence-corrected chi connectivity index (χ4v) is 4.95. The van der Waals surface area contributed by atoms with Crippen LogP contribution in [0.4, 0.5) is 5.95 Å². The van der Waals surface area contributed by atoms with Crippen LogP contribution >= 0.6 is 11.3 Å². The van der Waals surface area contributed by atoms with Crippen LogP contribution in [0.25, 0.3) is 10.2 Å². The molecule has 4 rings (SSSR count). The van der Waals surface area contributed by atoms with E-state index in [0.717, 1.165) is 22.2 Å². The maximum atomic E-state index is 12.9. The van der Waals surface area contributed by atoms with Crippen LogP contribution < -0.4 is 10.6 Å². The first-order valence-corrected chi connectivity index (χ1v) is 10.9. The van der Waals surface area contributed by atoms with E-state index in [0.29, 0.717) is 42.6 Å². The number of thiophene rings is 1. The van der Waals surface area contributed by atoms with Crippen molar-refractivity contribution in [3.63, 3.8) is 0 Å². The van der Waals surface area contributed by atoms with Gasteiger partial charge in [0.05, 0.1) is 17.0 Å². The number of hydrogen-bond donors (Lipinski definition) is 2. The molecule has 1 fully saturated rings. The number of pyridine rings is 1. The van der Waals surface area contributed by atoms with Crippen LogP contribution in [-0.4, -0.2) is 72.1 Å². The number of hydrogen-bond acceptors (Lipinski definition) is 8. The van der Waals surface area contributed by atoms with Gasteiger partial charge in [-0.1, -0.05) is 6.07 Å². The highest BCUT2D eigenvalue weighted by atomic mass is 32.1. The molecule has 0 radical (unpaired) electrons. The van der Waals surface area contributed by atoms with Crippen molar-refractivity contribution in [1.82, 2.24) is 25.2 Å². The molecule has 1 aliphatic heterocycles. The van der Waals surface area contributed by atoms with Crippen molar-refractivity contribution in [2.24, 2.45) is 0 Å². The lowest BCUT2D eigenvalue weighted by molar-refractivity contribution is 0.0790. The average molecular weight is 441 g/mol. The Kier molecular flexibility index (Phi) is 6.38. The van der Waals surface area contributed by atoms with Crippen LogP contribution in [0.2, 0.25) is 0 Å². The number of nitrogens with zero attached hydrogens (tertiary/aromatic N) is 4. The molecule has 0 saturated carbocycles. The molecule has 2 N–H and O–H groups in total. The minimum atomic E-state index is -0.129. The minimum absolute atomic E-state index is 0.0579. The number of likely N-dealkylation sites (tertiary alicyclic amines) is 1. The van der Waals surface area contributed by atoms with Gasteiger partial charge in [0.1, 0.15) is 4.83 Å². The van der Waals surface area contributed by atoms with E-state index in [-0.39, 0.29) is 17.7 Å². The van der Waals surface area contributed by atoms with Crippen molar-refractivity contribution in [3.05, 3.63) is 46.7 Å². The number of ether oxygens (including phenoxy) is 1. The second-order valence-electron chi connectivity index (χ2n) is 7.23. The molecule has 1 atom stereocenters. The summed E-state index contributed by atoms with van der Waals surface area (Å²) in [4.78, 5) is 41.8. The van der Waals surface area contributed by atoms with Gasteiger partial charge in [-0.25, -0.2) is 15.0 Å². The Hall–Kier alpha value is -3.11. The maximum Gasteiger partial charge on any atom is 0.261 e. The summed E-state index contributed by atoms with van der Waals surface area (Å²) in [5.74, 6) is 0.296. The zero-order valence-electron chi connectivity index (χ0n) is 17.4. The molecule has 1 saturated heterocycles. The van der Waals surface area contributed by atoms with E-state index < -0.39 is 0 Å². The molecular formula is C21H24N6O3S. The number of fused-ring (bicyclic) bond motifs is 1. The van der Waals surface area contributed by atoms with Crippen molar-refractivity contribution in [2.45, 2.75) is 12.3 Å². The molecule has 0 aliphatic carbocycles. The van der Waals surface area contributed by atoms with E-state index in [4.69, 9.17) is 4.74 Å². The zero-order chi connectivity index (χ0) is 21.8. The number of methoxy groups -OCH3 is 1. The van der Waals surface area contributed by atoms with Crippen molar-refractivity contribution in [1.29, 1.82) is 0 Å². The summed E-state index contributed by atoms with van der Waals surface area (Å²) in [6.07, 6.45) is 5.58. The number of aromatic nitrogens is 3. The van der Waals surface area contributed by atoms with Crippen molar-refractivity contribution < 1.29 is 14.3 Å². The Morgan fingerprint density at radius 3 is 2.84 bits per heavy atom. The van der Waals surface area contributed by atoms with Crippen molar-refractivity contribution in [2.75, 3.05) is 45.7 Å². The molecule has 2 amide bonds. The van der Waals surface area contributed by atoms with Crippen LogP contribution in [0.1, 0.15) is 37.9 Å². The van der Waals surface area contributed by atoms with E-state index in [2.05, 4.69) is 25.6 Å². The number of carbonyl (C=O) groups is 2. The molecule has 4 heterocycles. The lowest BCUT2D eigenvalue weighted by Crippen LogP contribution is -2.29. The first-order valence-electron chi connectivity index (χ1n) is 10.1. The van der Waals surface area contributed by atoms with Crippen LogP contribution in [-0.2, 0) is 4.74 Å². The highest BCUT2D eigenvalue weighted by molar-refractivity contribution is 7.20. The van der Waals surface area contributed by atoms with Crippen LogP contribution in [0.15, 0.2) is 30.7 Å². The lowest BCUT2D eigenvalue weighted by atomic mass is 9.95. The Labute approximate surface area is 183 Å². The summed E-state index contributed by atoms with van der Waals surface area (Å²) in [6.45, 7) is 2.03.